The Morgan fingerprint density at radius 3 is 1.92 bits per heavy atom. The smallest absolute Gasteiger partial charge is 0.149 e. The summed E-state index contributed by atoms with van der Waals surface area (Å²) in [4.78, 5) is 10.4. The van der Waals surface area contributed by atoms with E-state index in [1.54, 1.807) is 0 Å². The van der Waals surface area contributed by atoms with Crippen LogP contribution < -0.4 is 0 Å². The summed E-state index contributed by atoms with van der Waals surface area (Å²) < 4.78 is 2.24. The van der Waals surface area contributed by atoms with Crippen LogP contribution in [0.2, 0.25) is 0 Å². The topological polar surface area (TPSA) is 50.9 Å². The van der Waals surface area contributed by atoms with Gasteiger partial charge in [-0.15, -0.1) is 0 Å². The fourth-order valence-corrected chi connectivity index (χ4v) is 8.67. The Morgan fingerprint density at radius 2 is 1.21 bits per heavy atom. The summed E-state index contributed by atoms with van der Waals surface area (Å²) in [5.74, 6) is 1.71. The molecule has 0 amide bonds. The van der Waals surface area contributed by atoms with Crippen molar-refractivity contribution in [1.29, 1.82) is 0 Å². The first kappa shape index (κ1) is 39.4. The Kier molecular flexibility index (Phi) is 10.7. The summed E-state index contributed by atoms with van der Waals surface area (Å²) in [7, 11) is 0. The van der Waals surface area contributed by atoms with E-state index in [-0.39, 0.29) is 11.7 Å². The van der Waals surface area contributed by atoms with Gasteiger partial charge in [-0.25, -0.2) is 4.98 Å². The zero-order chi connectivity index (χ0) is 42.2. The fraction of sp³-hybridized carbons (Fsp3) is 0.158. The van der Waals surface area contributed by atoms with Crippen LogP contribution in [0.1, 0.15) is 55.9 Å². The minimum atomic E-state index is 0.247. The van der Waals surface area contributed by atoms with Crippen LogP contribution in [-0.4, -0.2) is 19.6 Å². The lowest BCUT2D eigenvalue weighted by Crippen LogP contribution is -2.03. The Labute approximate surface area is 359 Å². The van der Waals surface area contributed by atoms with Crippen molar-refractivity contribution in [3.8, 4) is 78.6 Å². The van der Waals surface area contributed by atoms with Crippen LogP contribution >= 0.6 is 0 Å². The van der Waals surface area contributed by atoms with Crippen molar-refractivity contribution in [3.63, 3.8) is 0 Å². The highest BCUT2D eigenvalue weighted by molar-refractivity contribution is 5.97. The molecule has 0 fully saturated rings. The van der Waals surface area contributed by atoms with Gasteiger partial charge in [0.25, 0.3) is 0 Å². The van der Waals surface area contributed by atoms with Crippen molar-refractivity contribution < 1.29 is 5.11 Å². The summed E-state index contributed by atoms with van der Waals surface area (Å²) in [6.07, 6.45) is 2.85. The lowest BCUT2D eigenvalue weighted by molar-refractivity contribution is 0.472. The highest BCUT2D eigenvalue weighted by Crippen LogP contribution is 2.41. The van der Waals surface area contributed by atoms with Crippen LogP contribution in [0.5, 0.6) is 5.75 Å². The first-order chi connectivity index (χ1) is 29.6. The highest BCUT2D eigenvalue weighted by Gasteiger charge is 2.23. The van der Waals surface area contributed by atoms with E-state index in [0.29, 0.717) is 17.3 Å². The Morgan fingerprint density at radius 1 is 0.541 bits per heavy atom. The Hall–Kier alpha value is -7.04. The highest BCUT2D eigenvalue weighted by atomic mass is 16.3. The monoisotopic (exact) mass is 793 g/mol. The number of phenolic OH excluding ortho intramolecular Hbond substituents is 1. The zero-order valence-electron chi connectivity index (χ0n) is 35.8. The molecule has 0 aliphatic carbocycles. The quantitative estimate of drug-likeness (QED) is 0.150. The van der Waals surface area contributed by atoms with Gasteiger partial charge < -0.3 is 5.11 Å². The van der Waals surface area contributed by atoms with E-state index >= 15 is 0 Å². The molecule has 9 aromatic rings. The third-order valence-electron chi connectivity index (χ3n) is 11.7. The van der Waals surface area contributed by atoms with Crippen LogP contribution in [0.15, 0.2) is 170 Å². The number of aromatic hydroxyl groups is 1. The number of phenols is 1. The molecular formula is C57H51N3O. The van der Waals surface area contributed by atoms with E-state index in [2.05, 4.69) is 191 Å². The number of hydrogen-bond acceptors (Lipinski definition) is 3. The number of hydrogen-bond donors (Lipinski definition) is 1. The number of benzene rings is 7. The van der Waals surface area contributed by atoms with E-state index in [1.807, 2.05) is 25.3 Å². The molecule has 0 saturated carbocycles. The standard InChI is InChI=1S/C57H51N3O/c1-36(2)28-46-34-49(24-25-50(46)43-16-11-8-12-17-43)60-54-19-13-18-51(55(54)59-57(60)52-30-38(5)29-39(6)56(52)61)47-31-45(37(3)4)32-48(33-47)53-35-44(26-27-58-53)42-22-20-41(21-23-42)40-14-9-7-10-15-40/h7-27,29-37,61H,28H2,1-6H3. The lowest BCUT2D eigenvalue weighted by atomic mass is 9.92. The summed E-state index contributed by atoms with van der Waals surface area (Å²) in [5, 5.41) is 11.7. The molecule has 0 bridgehead atoms. The minimum Gasteiger partial charge on any atom is -0.507 e. The number of imidazole rings is 1. The molecule has 0 radical (unpaired) electrons. The molecule has 0 unspecified atom stereocenters. The van der Waals surface area contributed by atoms with Gasteiger partial charge in [0.2, 0.25) is 0 Å². The SMILES string of the molecule is Cc1cc(C)c(O)c(-c2nc3c(-c4cc(-c5cc(-c6ccc(-c7ccccc7)cc6)ccn5)cc(C(C)C)c4)cccc3n2-c2ccc(-c3ccccc3)c(CC(C)C)c2)c1. The maximum atomic E-state index is 11.7. The first-order valence-corrected chi connectivity index (χ1v) is 21.4. The molecular weight excluding hydrogens is 743 g/mol. The van der Waals surface area contributed by atoms with E-state index in [4.69, 9.17) is 9.97 Å². The third kappa shape index (κ3) is 7.90. The van der Waals surface area contributed by atoms with E-state index in [0.717, 1.165) is 67.8 Å². The van der Waals surface area contributed by atoms with Gasteiger partial charge >= 0.3 is 0 Å². The third-order valence-corrected chi connectivity index (χ3v) is 11.7. The second kappa shape index (κ2) is 16.5. The average Bonchev–Trinajstić information content (AvgIpc) is 3.68. The van der Waals surface area contributed by atoms with Crippen molar-refractivity contribution >= 4 is 11.0 Å². The number of pyridine rings is 1. The zero-order valence-corrected chi connectivity index (χ0v) is 35.8. The van der Waals surface area contributed by atoms with Gasteiger partial charge in [0, 0.05) is 23.0 Å². The number of nitrogens with zero attached hydrogens (tertiary/aromatic N) is 3. The fourth-order valence-electron chi connectivity index (χ4n) is 8.67. The molecule has 1 N–H and O–H groups in total. The van der Waals surface area contributed by atoms with Gasteiger partial charge in [0.1, 0.15) is 11.6 Å². The molecule has 0 atom stereocenters. The lowest BCUT2D eigenvalue weighted by Gasteiger charge is -2.17. The summed E-state index contributed by atoms with van der Waals surface area (Å²) in [5.41, 5.74) is 19.2. The summed E-state index contributed by atoms with van der Waals surface area (Å²) in [6.45, 7) is 13.1. The molecule has 7 aromatic carbocycles. The van der Waals surface area contributed by atoms with E-state index in [1.165, 1.54) is 33.4 Å². The van der Waals surface area contributed by atoms with Crippen molar-refractivity contribution in [2.24, 2.45) is 5.92 Å². The van der Waals surface area contributed by atoms with Gasteiger partial charge in [-0.2, -0.15) is 0 Å². The largest absolute Gasteiger partial charge is 0.507 e. The molecule has 0 aliphatic heterocycles. The van der Waals surface area contributed by atoms with Crippen molar-refractivity contribution in [2.45, 2.75) is 53.9 Å². The maximum absolute atomic E-state index is 11.7. The van der Waals surface area contributed by atoms with Crippen molar-refractivity contribution in [1.82, 2.24) is 14.5 Å². The molecule has 0 saturated heterocycles. The second-order valence-electron chi connectivity index (χ2n) is 17.1. The van der Waals surface area contributed by atoms with Crippen LogP contribution in [-0.2, 0) is 6.42 Å². The molecule has 2 heterocycles. The predicted octanol–water partition coefficient (Wildman–Crippen LogP) is 15.1. The van der Waals surface area contributed by atoms with Gasteiger partial charge in [-0.05, 0) is 142 Å². The average molecular weight is 794 g/mol. The van der Waals surface area contributed by atoms with E-state index < -0.39 is 0 Å². The molecule has 61 heavy (non-hydrogen) atoms. The van der Waals surface area contributed by atoms with Gasteiger partial charge in [-0.1, -0.05) is 143 Å². The first-order valence-electron chi connectivity index (χ1n) is 21.4. The van der Waals surface area contributed by atoms with Crippen LogP contribution in [0.4, 0.5) is 0 Å². The van der Waals surface area contributed by atoms with Crippen molar-refractivity contribution in [3.05, 3.63) is 192 Å². The minimum absolute atomic E-state index is 0.247. The Balaban J connectivity index is 1.21. The number of aryl methyl sites for hydroxylation is 2. The van der Waals surface area contributed by atoms with Gasteiger partial charge in [0.05, 0.1) is 22.3 Å². The second-order valence-corrected chi connectivity index (χ2v) is 17.1. The van der Waals surface area contributed by atoms with E-state index in [9.17, 15) is 5.11 Å². The normalized spacial score (nSPS) is 11.5. The number of fused-ring (bicyclic) bond motifs is 1. The van der Waals surface area contributed by atoms with Crippen molar-refractivity contribution in [2.75, 3.05) is 0 Å². The molecule has 4 nitrogen and oxygen atoms in total. The molecule has 0 spiro atoms. The summed E-state index contributed by atoms with van der Waals surface area (Å²) in [6, 6.07) is 58.4. The number of para-hydroxylation sites is 1. The maximum Gasteiger partial charge on any atom is 0.149 e. The van der Waals surface area contributed by atoms with Gasteiger partial charge in [-0.3, -0.25) is 9.55 Å². The van der Waals surface area contributed by atoms with Crippen LogP contribution in [0.25, 0.3) is 83.9 Å². The molecule has 2 aromatic heterocycles. The molecule has 0 aliphatic rings. The predicted molar refractivity (Wildman–Crippen MR) is 255 cm³/mol. The van der Waals surface area contributed by atoms with Crippen LogP contribution in [0.3, 0.4) is 0 Å². The number of aromatic nitrogens is 3. The number of rotatable bonds is 10. The van der Waals surface area contributed by atoms with Gasteiger partial charge in [0.15, 0.2) is 0 Å². The molecule has 9 rings (SSSR count). The van der Waals surface area contributed by atoms with Crippen LogP contribution in [0, 0.1) is 19.8 Å². The molecule has 4 heteroatoms. The Bertz CT molecular complexity index is 3010. The summed E-state index contributed by atoms with van der Waals surface area (Å²) >= 11 is 0. The molecule has 300 valence electrons.